The maximum Gasteiger partial charge on any atom is 0.258 e. The summed E-state index contributed by atoms with van der Waals surface area (Å²) < 4.78 is 5.47. The van der Waals surface area contributed by atoms with Crippen molar-refractivity contribution in [2.75, 3.05) is 38.7 Å². The van der Waals surface area contributed by atoms with Gasteiger partial charge in [-0.2, -0.15) is 0 Å². The van der Waals surface area contributed by atoms with Crippen LogP contribution in [0.1, 0.15) is 23.2 Å². The van der Waals surface area contributed by atoms with Crippen molar-refractivity contribution in [1.29, 1.82) is 0 Å². The van der Waals surface area contributed by atoms with Crippen molar-refractivity contribution in [3.05, 3.63) is 58.1 Å². The Morgan fingerprint density at radius 2 is 1.77 bits per heavy atom. The molecule has 2 aromatic carbocycles. The molecule has 0 radical (unpaired) electrons. The number of carbonyl (C=O) groups excluding carboxylic acids is 2. The molecule has 1 heterocycles. The molecule has 2 aromatic rings. The number of hydrogen-bond donors (Lipinski definition) is 1. The lowest BCUT2D eigenvalue weighted by molar-refractivity contribution is -0.124. The van der Waals surface area contributed by atoms with Gasteiger partial charge in [-0.15, -0.1) is 0 Å². The van der Waals surface area contributed by atoms with Crippen molar-refractivity contribution in [3.8, 4) is 5.75 Å². The lowest BCUT2D eigenvalue weighted by atomic mass is 10.0. The van der Waals surface area contributed by atoms with Crippen LogP contribution in [0, 0.1) is 0 Å². The highest BCUT2D eigenvalue weighted by Crippen LogP contribution is 2.27. The Bertz CT molecular complexity index is 895. The van der Waals surface area contributed by atoms with Crippen LogP contribution in [0.2, 0.25) is 10.0 Å². The Kier molecular flexibility index (Phi) is 7.45. The lowest BCUT2D eigenvalue weighted by Gasteiger charge is -2.32. The van der Waals surface area contributed by atoms with E-state index in [-0.39, 0.29) is 24.5 Å². The van der Waals surface area contributed by atoms with Gasteiger partial charge in [-0.05, 0) is 55.3 Å². The summed E-state index contributed by atoms with van der Waals surface area (Å²) in [4.78, 5) is 28.7. The monoisotopic (exact) mass is 449 g/mol. The van der Waals surface area contributed by atoms with Crippen LogP contribution in [-0.4, -0.2) is 56.5 Å². The fourth-order valence-electron chi connectivity index (χ4n) is 3.32. The molecule has 0 aromatic heterocycles. The third-order valence-electron chi connectivity index (χ3n) is 5.03. The third-order valence-corrected chi connectivity index (χ3v) is 5.56. The Morgan fingerprint density at radius 1 is 1.10 bits per heavy atom. The largest absolute Gasteiger partial charge is 0.482 e. The number of carbonyl (C=O) groups is 2. The zero-order valence-corrected chi connectivity index (χ0v) is 18.5. The number of rotatable bonds is 6. The summed E-state index contributed by atoms with van der Waals surface area (Å²) in [5.41, 5.74) is 1.73. The molecule has 0 unspecified atom stereocenters. The molecule has 1 aliphatic rings. The van der Waals surface area contributed by atoms with Gasteiger partial charge in [0.15, 0.2) is 6.61 Å². The number of nitrogens with zero attached hydrogens (tertiary/aromatic N) is 2. The molecule has 1 saturated heterocycles. The first-order valence-corrected chi connectivity index (χ1v) is 10.5. The number of anilines is 1. The summed E-state index contributed by atoms with van der Waals surface area (Å²) in [5, 5.41) is 3.83. The van der Waals surface area contributed by atoms with Crippen LogP contribution in [0.3, 0.4) is 0 Å². The van der Waals surface area contributed by atoms with Crippen molar-refractivity contribution < 1.29 is 14.3 Å². The third kappa shape index (κ3) is 5.80. The van der Waals surface area contributed by atoms with Gasteiger partial charge in [-0.1, -0.05) is 23.2 Å². The molecule has 8 heteroatoms. The van der Waals surface area contributed by atoms with Crippen LogP contribution in [0.15, 0.2) is 42.5 Å². The minimum Gasteiger partial charge on any atom is -0.482 e. The second kappa shape index (κ2) is 10.0. The van der Waals surface area contributed by atoms with Gasteiger partial charge in [0.1, 0.15) is 5.75 Å². The van der Waals surface area contributed by atoms with Gasteiger partial charge in [0.25, 0.3) is 11.8 Å². The number of amides is 2. The Hall–Kier alpha value is -2.44. The highest BCUT2D eigenvalue weighted by molar-refractivity contribution is 6.35. The summed E-state index contributed by atoms with van der Waals surface area (Å²) in [5.74, 6) is 0.216. The molecule has 0 atom stereocenters. The van der Waals surface area contributed by atoms with Gasteiger partial charge in [-0.3, -0.25) is 9.59 Å². The van der Waals surface area contributed by atoms with Crippen molar-refractivity contribution in [2.24, 2.45) is 0 Å². The maximum absolute atomic E-state index is 12.7. The maximum atomic E-state index is 12.7. The van der Waals surface area contributed by atoms with Crippen LogP contribution < -0.4 is 15.0 Å². The summed E-state index contributed by atoms with van der Waals surface area (Å²) in [6, 6.07) is 12.4. The molecule has 2 amide bonds. The van der Waals surface area contributed by atoms with Gasteiger partial charge in [0, 0.05) is 49.5 Å². The first-order chi connectivity index (χ1) is 14.3. The van der Waals surface area contributed by atoms with E-state index in [0.717, 1.165) is 5.69 Å². The zero-order chi connectivity index (χ0) is 21.7. The van der Waals surface area contributed by atoms with Crippen LogP contribution in [0.5, 0.6) is 5.75 Å². The topological polar surface area (TPSA) is 61.9 Å². The zero-order valence-electron chi connectivity index (χ0n) is 17.0. The Labute approximate surface area is 186 Å². The predicted molar refractivity (Wildman–Crippen MR) is 120 cm³/mol. The second-order valence-corrected chi connectivity index (χ2v) is 8.28. The van der Waals surface area contributed by atoms with Crippen molar-refractivity contribution >= 4 is 40.7 Å². The molecule has 1 N–H and O–H groups in total. The molecule has 6 nitrogen and oxygen atoms in total. The molecule has 30 heavy (non-hydrogen) atoms. The smallest absolute Gasteiger partial charge is 0.258 e. The van der Waals surface area contributed by atoms with E-state index in [0.29, 0.717) is 47.3 Å². The molecule has 0 spiro atoms. The number of ether oxygens (including phenoxy) is 1. The molecule has 1 fully saturated rings. The van der Waals surface area contributed by atoms with Crippen LogP contribution >= 0.6 is 23.2 Å². The number of nitrogens with one attached hydrogen (secondary N) is 1. The van der Waals surface area contributed by atoms with Crippen molar-refractivity contribution in [2.45, 2.75) is 18.9 Å². The van der Waals surface area contributed by atoms with E-state index in [2.05, 4.69) is 5.32 Å². The highest BCUT2D eigenvalue weighted by atomic mass is 35.5. The molecule has 0 bridgehead atoms. The first-order valence-electron chi connectivity index (χ1n) is 9.77. The minimum atomic E-state index is -0.218. The summed E-state index contributed by atoms with van der Waals surface area (Å²) in [6.07, 6.45) is 1.41. The summed E-state index contributed by atoms with van der Waals surface area (Å²) in [7, 11) is 3.93. The standard InChI is InChI=1S/C22H25Cl2N3O3/c1-26(2)18-6-3-15(4-7-18)22(29)27-11-9-17(10-12-27)25-21(28)14-30-20-8-5-16(23)13-19(20)24/h3-8,13,17H,9-12,14H2,1-2H3,(H,25,28). The molecule has 160 valence electrons. The highest BCUT2D eigenvalue weighted by Gasteiger charge is 2.24. The predicted octanol–water partition coefficient (Wildman–Crippen LogP) is 3.86. The normalized spacial score (nSPS) is 14.3. The number of likely N-dealkylation sites (tertiary alicyclic amines) is 1. The fraction of sp³-hybridized carbons (Fsp3) is 0.364. The molecular weight excluding hydrogens is 425 g/mol. The number of benzene rings is 2. The van der Waals surface area contributed by atoms with Crippen LogP contribution in [0.4, 0.5) is 5.69 Å². The molecule has 3 rings (SSSR count). The average Bonchev–Trinajstić information content (AvgIpc) is 2.73. The Morgan fingerprint density at radius 3 is 2.37 bits per heavy atom. The Balaban J connectivity index is 1.44. The van der Waals surface area contributed by atoms with E-state index in [1.807, 2.05) is 48.2 Å². The van der Waals surface area contributed by atoms with Crippen molar-refractivity contribution in [1.82, 2.24) is 10.2 Å². The first kappa shape index (κ1) is 22.2. The van der Waals surface area contributed by atoms with E-state index in [1.165, 1.54) is 0 Å². The van der Waals surface area contributed by atoms with Gasteiger partial charge >= 0.3 is 0 Å². The summed E-state index contributed by atoms with van der Waals surface area (Å²) in [6.45, 7) is 1.07. The van der Waals surface area contributed by atoms with Gasteiger partial charge in [0.2, 0.25) is 0 Å². The van der Waals surface area contributed by atoms with Gasteiger partial charge < -0.3 is 19.9 Å². The lowest BCUT2D eigenvalue weighted by Crippen LogP contribution is -2.47. The number of halogens is 2. The minimum absolute atomic E-state index is 0.0157. The second-order valence-electron chi connectivity index (χ2n) is 7.44. The van der Waals surface area contributed by atoms with E-state index in [9.17, 15) is 9.59 Å². The van der Waals surface area contributed by atoms with Crippen LogP contribution in [0.25, 0.3) is 0 Å². The van der Waals surface area contributed by atoms with E-state index < -0.39 is 0 Å². The number of hydrogen-bond acceptors (Lipinski definition) is 4. The molecule has 1 aliphatic heterocycles. The molecule has 0 saturated carbocycles. The SMILES string of the molecule is CN(C)c1ccc(C(=O)N2CCC(NC(=O)COc3ccc(Cl)cc3Cl)CC2)cc1. The van der Waals surface area contributed by atoms with E-state index in [4.69, 9.17) is 27.9 Å². The fourth-order valence-corrected chi connectivity index (χ4v) is 3.78. The van der Waals surface area contributed by atoms with E-state index in [1.54, 1.807) is 18.2 Å². The molecular formula is C22H25Cl2N3O3. The van der Waals surface area contributed by atoms with Crippen LogP contribution in [-0.2, 0) is 4.79 Å². The summed E-state index contributed by atoms with van der Waals surface area (Å²) >= 11 is 11.9. The number of piperidine rings is 1. The molecule has 0 aliphatic carbocycles. The average molecular weight is 450 g/mol. The van der Waals surface area contributed by atoms with Crippen molar-refractivity contribution in [3.63, 3.8) is 0 Å². The van der Waals surface area contributed by atoms with Gasteiger partial charge in [0.05, 0.1) is 5.02 Å². The van der Waals surface area contributed by atoms with Gasteiger partial charge in [-0.25, -0.2) is 0 Å². The van der Waals surface area contributed by atoms with E-state index >= 15 is 0 Å². The quantitative estimate of drug-likeness (QED) is 0.726.